The number of carbonyl (C=O) groups is 2. The molecule has 0 radical (unpaired) electrons. The monoisotopic (exact) mass is 1810 g/mol. The number of phosphoric acid groups is 2. The lowest BCUT2D eigenvalue weighted by Gasteiger charge is -2.52. The molecule has 9 rings (SSSR count). The molecule has 0 spiro atoms. The molecule has 37 N–H and O–H groups in total. The molecular weight excluding hydrogens is 1700 g/mol. The van der Waals surface area contributed by atoms with Crippen LogP contribution in [0.5, 0.6) is 0 Å². The lowest BCUT2D eigenvalue weighted by Crippen LogP contribution is -2.70. The topological polar surface area (TPSA) is 941 Å². The number of phosphoric ester groups is 2. The molecular formula is C61H108N4O53P2. The summed E-state index contributed by atoms with van der Waals surface area (Å²) in [5.41, 5.74) is 17.8. The molecule has 0 bridgehead atoms. The Bertz CT molecular complexity index is 3320. The lowest BCUT2D eigenvalue weighted by molar-refractivity contribution is -0.408. The van der Waals surface area contributed by atoms with Crippen LogP contribution in [-0.2, 0) is 108 Å². The second-order valence-electron chi connectivity index (χ2n) is 29.8. The zero-order valence-corrected chi connectivity index (χ0v) is 64.7. The summed E-state index contributed by atoms with van der Waals surface area (Å²) >= 11 is 0. The molecule has 48 atom stereocenters. The fraction of sp³-hybridized carbons (Fsp3) is 0.967. The van der Waals surface area contributed by atoms with Gasteiger partial charge in [0.15, 0.2) is 50.3 Å². The van der Waals surface area contributed by atoms with Crippen LogP contribution in [0.15, 0.2) is 0 Å². The number of nitrogens with one attached hydrogen (secondary N) is 1. The highest BCUT2D eigenvalue weighted by molar-refractivity contribution is 7.46. The highest BCUT2D eigenvalue weighted by Crippen LogP contribution is 2.48. The van der Waals surface area contributed by atoms with Crippen molar-refractivity contribution < 1.29 is 261 Å². The minimum atomic E-state index is -6.29. The van der Waals surface area contributed by atoms with E-state index in [9.17, 15) is 171 Å². The van der Waals surface area contributed by atoms with Gasteiger partial charge in [0.1, 0.15) is 214 Å². The van der Waals surface area contributed by atoms with Crippen molar-refractivity contribution >= 4 is 27.5 Å². The van der Waals surface area contributed by atoms with Gasteiger partial charge in [-0.25, -0.2) is 13.9 Å². The fourth-order valence-electron chi connectivity index (χ4n) is 14.7. The van der Waals surface area contributed by atoms with E-state index in [1.807, 2.05) is 0 Å². The number of aliphatic hydroxyl groups excluding tert-OH is 25. The molecule has 0 aliphatic carbocycles. The van der Waals surface area contributed by atoms with Crippen molar-refractivity contribution in [2.45, 2.75) is 314 Å². The summed E-state index contributed by atoms with van der Waals surface area (Å²) in [6, 6.07) is -5.56. The molecule has 59 heteroatoms. The van der Waals surface area contributed by atoms with Crippen molar-refractivity contribution in [3.05, 3.63) is 0 Å². The number of carbonyl (C=O) groups excluding carboxylic acids is 1. The van der Waals surface area contributed by atoms with E-state index in [0.717, 1.165) is 6.92 Å². The summed E-state index contributed by atoms with van der Waals surface area (Å²) in [6.45, 7) is -8.09. The molecule has 0 aromatic rings. The van der Waals surface area contributed by atoms with Crippen LogP contribution in [-0.4, -0.2) is 511 Å². The van der Waals surface area contributed by atoms with Crippen molar-refractivity contribution in [1.82, 2.24) is 5.32 Å². The first-order valence-corrected chi connectivity index (χ1v) is 40.1. The van der Waals surface area contributed by atoms with E-state index in [1.165, 1.54) is 6.92 Å². The molecule has 0 aromatic heterocycles. The van der Waals surface area contributed by atoms with Gasteiger partial charge >= 0.3 is 21.6 Å². The smallest absolute Gasteiger partial charge is 0.470 e. The molecule has 9 saturated heterocycles. The van der Waals surface area contributed by atoms with Gasteiger partial charge in [0.2, 0.25) is 5.91 Å². The Morgan fingerprint density at radius 3 is 1.48 bits per heavy atom. The van der Waals surface area contributed by atoms with E-state index in [4.69, 9.17) is 107 Å². The molecule has 9 heterocycles. The van der Waals surface area contributed by atoms with Gasteiger partial charge < -0.3 is 255 Å². The number of aliphatic hydroxyl groups is 25. The lowest BCUT2D eigenvalue weighted by atomic mass is 9.91. The molecule has 9 aliphatic rings. The molecule has 0 unspecified atom stereocenters. The minimum absolute atomic E-state index is 0.874. The summed E-state index contributed by atoms with van der Waals surface area (Å²) in [4.78, 5) is 68.7. The first-order valence-electron chi connectivity index (χ1n) is 37.1. The number of rotatable bonds is 34. The van der Waals surface area contributed by atoms with Crippen molar-refractivity contribution in [3.63, 3.8) is 0 Å². The highest BCUT2D eigenvalue weighted by atomic mass is 31.2. The maximum Gasteiger partial charge on any atom is 0.470 e. The number of carboxylic acids is 1. The molecule has 120 heavy (non-hydrogen) atoms. The van der Waals surface area contributed by atoms with E-state index in [1.54, 1.807) is 0 Å². The maximum absolute atomic E-state index is 14.0. The Labute approximate surface area is 676 Å². The van der Waals surface area contributed by atoms with Crippen molar-refractivity contribution in [2.24, 2.45) is 17.2 Å². The van der Waals surface area contributed by atoms with Gasteiger partial charge in [0.05, 0.1) is 70.5 Å². The summed E-state index contributed by atoms with van der Waals surface area (Å²) < 4.78 is 136. The second kappa shape index (κ2) is 42.3. The molecule has 700 valence electrons. The molecule has 57 nitrogen and oxygen atoms in total. The number of carboxylic acid groups (broad SMARTS) is 1. The Hall–Kier alpha value is -2.64. The normalized spacial score (nSPS) is 48.0. The zero-order chi connectivity index (χ0) is 89.3. The van der Waals surface area contributed by atoms with E-state index in [2.05, 4.69) is 5.32 Å². The molecule has 9 fully saturated rings. The Morgan fingerprint density at radius 2 is 0.933 bits per heavy atom. The summed E-state index contributed by atoms with van der Waals surface area (Å²) in [5.74, 6) is -7.12. The Balaban J connectivity index is 1.16. The highest BCUT2D eigenvalue weighted by Gasteiger charge is 2.64. The van der Waals surface area contributed by atoms with Crippen LogP contribution in [0, 0.1) is 0 Å². The Kier molecular flexibility index (Phi) is 35.6. The van der Waals surface area contributed by atoms with E-state index >= 15 is 0 Å². The van der Waals surface area contributed by atoms with Crippen LogP contribution in [0.1, 0.15) is 20.3 Å². The van der Waals surface area contributed by atoms with Crippen molar-refractivity contribution in [1.29, 1.82) is 0 Å². The van der Waals surface area contributed by atoms with Crippen LogP contribution < -0.4 is 22.5 Å². The quantitative estimate of drug-likeness (QED) is 0.0266. The fourth-order valence-corrected chi connectivity index (χ4v) is 15.9. The van der Waals surface area contributed by atoms with Crippen LogP contribution in [0.4, 0.5) is 0 Å². The predicted molar refractivity (Wildman–Crippen MR) is 364 cm³/mol. The predicted octanol–water partition coefficient (Wildman–Crippen LogP) is -21.4. The summed E-state index contributed by atoms with van der Waals surface area (Å²) in [7, 11) is -12.1. The van der Waals surface area contributed by atoms with Gasteiger partial charge in [-0.3, -0.25) is 13.8 Å². The molecule has 0 aromatic carbocycles. The van der Waals surface area contributed by atoms with Gasteiger partial charge in [-0.2, -0.15) is 0 Å². The van der Waals surface area contributed by atoms with Gasteiger partial charge in [0, 0.05) is 19.9 Å². The standard InChI is InChI=1S/C61H108N4O53P2/c1-12-26(74)32(80)40(88)55(103-12)113-49-25(65-13(2)70)54(105-19(8-69)29(49)77)101-10-21(108-58-50(38(86)36(84)44(110-58)16(73)6-67)114-56-41(89)33(81)27(75)18(7-68)106-56)46-37(85)39(87)51(115-57-42(90)34(82)35(83)43(109-57)15(72)5-66)59(111-46)112-48-17(117-119(94,95)96)3-61(60(92)93,116-45(48)14(71)4-62)102-11-22-47(118-120(97,98)99)31(79)24(64)53(107-22)100-9-20-28(76)30(78)23(63)52(91)104-20/h12,14-59,66-69,71-91H,3-11,62-64H2,1-2H3,(H,65,70)(H,92,93)(H2,94,95,96)(H2,97,98,99)/t12-,14+,15-,16-,17+,18+,19+,20+,21+,22+,23+,24+,25+,26-,27+,28+,29+,30+,31+,32+,33-,34-,35-,36-,37-,38-,39-,40+,41+,42-,43+,44+,45+,46+,47+,48+,49+,50-,51-,52-,53+,54+,55-,56+,57+,58-,59+,61+/m0/s1. The minimum Gasteiger partial charge on any atom is -0.477 e. The van der Waals surface area contributed by atoms with Gasteiger partial charge in [-0.05, 0) is 6.92 Å². The SMILES string of the molecule is CC(=O)N[C@H]1[C@H](OC[C@@H](O[C@H]2O[C@H]([C@@H](O)CO)[C@@H](O)[C@H](O)[C@@H]2O[C@H]2O[C@H](CO)[C@@H](O)[C@H](O)[C@H]2O)[C@H]2O[C@H](O[C@H]3[C@@H]([C@H](O)CN)O[C@@](OC[C@H]4O[C@@H](OC[C@H]5O[C@H](O)[C@H](N)[C@@H](O)[C@@H]5O)[C@H](N)[C@@H](O)[C@@H]4OP(=O)(O)O)(C(=O)O)C[C@H]3OP(=O)(O)O)[C@@H](O[C@H]3O[C@H]([C@@H](O)CO)[C@@H](O)[C@H](O)[C@@H]3O)[C@@H](O)[C@@H]2O)O[C@H](CO)[C@@H](O)[C@@H]1O[C@@H]1O[C@@H](C)[C@H](O)[C@@H](O)[C@H]1O. The van der Waals surface area contributed by atoms with Crippen molar-refractivity contribution in [3.8, 4) is 0 Å². The number of aliphatic carboxylic acids is 1. The molecule has 1 amide bonds. The molecule has 9 aliphatic heterocycles. The largest absolute Gasteiger partial charge is 0.477 e. The van der Waals surface area contributed by atoms with E-state index in [0.29, 0.717) is 0 Å². The van der Waals surface area contributed by atoms with Gasteiger partial charge in [0.25, 0.3) is 5.79 Å². The zero-order valence-electron chi connectivity index (χ0n) is 62.9. The van der Waals surface area contributed by atoms with Gasteiger partial charge in [-0.1, -0.05) is 0 Å². The third kappa shape index (κ3) is 22.8. The van der Waals surface area contributed by atoms with Gasteiger partial charge in [-0.15, -0.1) is 0 Å². The number of hydrogen-bond acceptors (Lipinski definition) is 51. The van der Waals surface area contributed by atoms with Crippen LogP contribution >= 0.6 is 15.6 Å². The van der Waals surface area contributed by atoms with Crippen LogP contribution in [0.3, 0.4) is 0 Å². The molecule has 0 saturated carbocycles. The third-order valence-electron chi connectivity index (χ3n) is 21.4. The number of nitrogens with two attached hydrogens (primary N) is 3. The van der Waals surface area contributed by atoms with Crippen LogP contribution in [0.2, 0.25) is 0 Å². The number of hydrogen-bond donors (Lipinski definition) is 34. The Morgan fingerprint density at radius 1 is 0.458 bits per heavy atom. The maximum atomic E-state index is 14.0. The van der Waals surface area contributed by atoms with E-state index < -0.39 is 381 Å². The second-order valence-corrected chi connectivity index (χ2v) is 32.2. The first kappa shape index (κ1) is 101. The van der Waals surface area contributed by atoms with Crippen molar-refractivity contribution in [2.75, 3.05) is 52.8 Å². The summed E-state index contributed by atoms with van der Waals surface area (Å²) in [6.07, 6.45) is -105. The number of amides is 1. The third-order valence-corrected chi connectivity index (χ3v) is 22.5. The summed E-state index contributed by atoms with van der Waals surface area (Å²) in [5, 5.41) is 291. The number of ether oxygens (including phenoxy) is 17. The van der Waals surface area contributed by atoms with Crippen LogP contribution in [0.25, 0.3) is 0 Å². The van der Waals surface area contributed by atoms with E-state index in [-0.39, 0.29) is 0 Å². The average molecular weight is 1810 g/mol. The average Bonchev–Trinajstić information content (AvgIpc) is 0.747. The first-order chi connectivity index (χ1) is 56.1.